The van der Waals surface area contributed by atoms with Crippen LogP contribution in [0.2, 0.25) is 0 Å². The van der Waals surface area contributed by atoms with Crippen LogP contribution in [0.25, 0.3) is 0 Å². The number of carboxylic acid groups (broad SMARTS) is 1. The number of hydrogen-bond acceptors (Lipinski definition) is 4. The molecular formula is C21H22N2O5. The van der Waals surface area contributed by atoms with E-state index in [-0.39, 0.29) is 24.8 Å². The van der Waals surface area contributed by atoms with Crippen LogP contribution in [0.5, 0.6) is 5.75 Å². The Morgan fingerprint density at radius 2 is 1.86 bits per heavy atom. The number of amides is 2. The molecule has 0 saturated carbocycles. The molecule has 1 aliphatic rings. The van der Waals surface area contributed by atoms with Gasteiger partial charge in [0.1, 0.15) is 5.75 Å². The van der Waals surface area contributed by atoms with Gasteiger partial charge in [0, 0.05) is 18.7 Å². The molecule has 0 bridgehead atoms. The highest BCUT2D eigenvalue weighted by Crippen LogP contribution is 2.33. The number of para-hydroxylation sites is 2. The Labute approximate surface area is 162 Å². The third-order valence-electron chi connectivity index (χ3n) is 4.70. The number of benzene rings is 2. The van der Waals surface area contributed by atoms with Gasteiger partial charge in [-0.05, 0) is 43.7 Å². The Morgan fingerprint density at radius 1 is 1.18 bits per heavy atom. The highest BCUT2D eigenvalue weighted by Gasteiger charge is 2.31. The number of ether oxygens (including phenoxy) is 1. The average Bonchev–Trinajstić information content (AvgIpc) is 2.68. The first-order valence-corrected chi connectivity index (χ1v) is 9.06. The zero-order chi connectivity index (χ0) is 20.3. The van der Waals surface area contributed by atoms with Crippen molar-refractivity contribution >= 4 is 29.2 Å². The van der Waals surface area contributed by atoms with Crippen LogP contribution in [0.4, 0.5) is 11.4 Å². The van der Waals surface area contributed by atoms with Gasteiger partial charge in [0.25, 0.3) is 5.91 Å². The van der Waals surface area contributed by atoms with Gasteiger partial charge >= 0.3 is 5.97 Å². The molecule has 7 nitrogen and oxygen atoms in total. The molecule has 2 atom stereocenters. The van der Waals surface area contributed by atoms with Crippen LogP contribution in [-0.4, -0.2) is 35.5 Å². The van der Waals surface area contributed by atoms with Crippen molar-refractivity contribution in [1.82, 2.24) is 0 Å². The predicted molar refractivity (Wildman–Crippen MR) is 105 cm³/mol. The van der Waals surface area contributed by atoms with Gasteiger partial charge in [0.05, 0.1) is 11.6 Å². The van der Waals surface area contributed by atoms with Gasteiger partial charge in [-0.25, -0.2) is 0 Å². The van der Waals surface area contributed by atoms with Gasteiger partial charge in [-0.1, -0.05) is 24.3 Å². The fourth-order valence-corrected chi connectivity index (χ4v) is 3.02. The summed E-state index contributed by atoms with van der Waals surface area (Å²) in [6, 6.07) is 13.9. The van der Waals surface area contributed by atoms with Gasteiger partial charge in [-0.15, -0.1) is 0 Å². The highest BCUT2D eigenvalue weighted by atomic mass is 16.5. The van der Waals surface area contributed by atoms with Crippen molar-refractivity contribution in [3.05, 3.63) is 54.1 Å². The molecule has 0 radical (unpaired) electrons. The molecule has 2 aromatic rings. The van der Waals surface area contributed by atoms with E-state index in [1.165, 1.54) is 0 Å². The molecule has 0 spiro atoms. The number of carbonyl (C=O) groups excluding carboxylic acids is 2. The van der Waals surface area contributed by atoms with Crippen molar-refractivity contribution in [3.63, 3.8) is 0 Å². The zero-order valence-electron chi connectivity index (χ0n) is 15.7. The summed E-state index contributed by atoms with van der Waals surface area (Å²) in [7, 11) is 0. The van der Waals surface area contributed by atoms with E-state index >= 15 is 0 Å². The number of anilines is 2. The lowest BCUT2D eigenvalue weighted by Crippen LogP contribution is -2.45. The fraction of sp³-hybridized carbons (Fsp3) is 0.286. The zero-order valence-corrected chi connectivity index (χ0v) is 15.7. The number of aliphatic carboxylic acids is 1. The first-order chi connectivity index (χ1) is 13.4. The second-order valence-electron chi connectivity index (χ2n) is 6.70. The lowest BCUT2D eigenvalue weighted by atomic mass is 10.0. The molecule has 0 saturated heterocycles. The lowest BCUT2D eigenvalue weighted by molar-refractivity contribution is -0.138. The summed E-state index contributed by atoms with van der Waals surface area (Å²) in [5.74, 6) is -1.30. The van der Waals surface area contributed by atoms with E-state index in [0.29, 0.717) is 22.7 Å². The number of carboxylic acids is 1. The molecule has 28 heavy (non-hydrogen) atoms. The van der Waals surface area contributed by atoms with E-state index in [2.05, 4.69) is 5.32 Å². The Balaban J connectivity index is 1.61. The molecule has 0 aromatic heterocycles. The quantitative estimate of drug-likeness (QED) is 0.801. The molecule has 146 valence electrons. The van der Waals surface area contributed by atoms with Crippen LogP contribution in [-0.2, 0) is 14.4 Å². The van der Waals surface area contributed by atoms with Crippen LogP contribution in [0, 0.1) is 0 Å². The van der Waals surface area contributed by atoms with E-state index in [0.717, 1.165) is 0 Å². The van der Waals surface area contributed by atoms with Crippen molar-refractivity contribution in [3.8, 4) is 5.75 Å². The maximum Gasteiger partial charge on any atom is 0.310 e. The summed E-state index contributed by atoms with van der Waals surface area (Å²) in [6.07, 6.45) is -0.471. The second kappa shape index (κ2) is 8.12. The van der Waals surface area contributed by atoms with E-state index in [1.54, 1.807) is 55.1 Å². The number of fused-ring (bicyclic) bond motifs is 1. The summed E-state index contributed by atoms with van der Waals surface area (Å²) in [5, 5.41) is 11.8. The molecule has 1 heterocycles. The lowest BCUT2D eigenvalue weighted by Gasteiger charge is -2.32. The van der Waals surface area contributed by atoms with Gasteiger partial charge in [0.15, 0.2) is 6.10 Å². The molecule has 2 unspecified atom stereocenters. The number of nitrogens with zero attached hydrogens (tertiary/aromatic N) is 1. The van der Waals surface area contributed by atoms with E-state index in [1.807, 2.05) is 12.1 Å². The van der Waals surface area contributed by atoms with E-state index < -0.39 is 18.0 Å². The van der Waals surface area contributed by atoms with Crippen molar-refractivity contribution in [2.45, 2.75) is 32.3 Å². The number of rotatable bonds is 6. The summed E-state index contributed by atoms with van der Waals surface area (Å²) in [6.45, 7) is 3.53. The SMILES string of the molecule is CC1Oc2ccccc2N(CCC(=O)Nc2ccc(C(C)C(=O)O)cc2)C1=O. The Morgan fingerprint density at radius 3 is 2.54 bits per heavy atom. The first-order valence-electron chi connectivity index (χ1n) is 9.06. The van der Waals surface area contributed by atoms with E-state index in [9.17, 15) is 14.4 Å². The number of hydrogen-bond donors (Lipinski definition) is 2. The monoisotopic (exact) mass is 382 g/mol. The van der Waals surface area contributed by atoms with Crippen molar-refractivity contribution < 1.29 is 24.2 Å². The second-order valence-corrected chi connectivity index (χ2v) is 6.70. The Kier molecular flexibility index (Phi) is 5.63. The van der Waals surface area contributed by atoms with Crippen LogP contribution >= 0.6 is 0 Å². The normalized spacial score (nSPS) is 16.7. The third-order valence-corrected chi connectivity index (χ3v) is 4.70. The Hall–Kier alpha value is -3.35. The first kappa shape index (κ1) is 19.4. The predicted octanol–water partition coefficient (Wildman–Crippen LogP) is 3.02. The van der Waals surface area contributed by atoms with Crippen LogP contribution in [0.15, 0.2) is 48.5 Å². The molecule has 7 heteroatoms. The number of nitrogens with one attached hydrogen (secondary N) is 1. The summed E-state index contributed by atoms with van der Waals surface area (Å²) in [4.78, 5) is 37.3. The molecule has 0 fully saturated rings. The van der Waals surface area contributed by atoms with Crippen LogP contribution in [0.3, 0.4) is 0 Å². The minimum atomic E-state index is -0.901. The van der Waals surface area contributed by atoms with Gasteiger partial charge < -0.3 is 20.1 Å². The summed E-state index contributed by atoms with van der Waals surface area (Å²) >= 11 is 0. The smallest absolute Gasteiger partial charge is 0.310 e. The Bertz CT molecular complexity index is 894. The van der Waals surface area contributed by atoms with Crippen LogP contribution < -0.4 is 15.0 Å². The molecule has 1 aliphatic heterocycles. The largest absolute Gasteiger partial charge is 0.481 e. The molecule has 3 rings (SSSR count). The molecule has 0 aliphatic carbocycles. The maximum absolute atomic E-state index is 12.4. The van der Waals surface area contributed by atoms with Crippen molar-refractivity contribution in [2.75, 3.05) is 16.8 Å². The molecule has 2 amide bonds. The van der Waals surface area contributed by atoms with Gasteiger partial charge in [-0.2, -0.15) is 0 Å². The summed E-state index contributed by atoms with van der Waals surface area (Å²) in [5.41, 5.74) is 1.90. The minimum absolute atomic E-state index is 0.125. The van der Waals surface area contributed by atoms with Crippen LogP contribution in [0.1, 0.15) is 31.7 Å². The third kappa shape index (κ3) is 4.14. The topological polar surface area (TPSA) is 95.9 Å². The fourth-order valence-electron chi connectivity index (χ4n) is 3.02. The molecule has 2 aromatic carbocycles. The van der Waals surface area contributed by atoms with Crippen molar-refractivity contribution in [1.29, 1.82) is 0 Å². The van der Waals surface area contributed by atoms with E-state index in [4.69, 9.17) is 9.84 Å². The molecular weight excluding hydrogens is 360 g/mol. The van der Waals surface area contributed by atoms with Gasteiger partial charge in [0.2, 0.25) is 5.91 Å². The minimum Gasteiger partial charge on any atom is -0.481 e. The highest BCUT2D eigenvalue weighted by molar-refractivity contribution is 6.00. The van der Waals surface area contributed by atoms with Crippen molar-refractivity contribution in [2.24, 2.45) is 0 Å². The number of carbonyl (C=O) groups is 3. The van der Waals surface area contributed by atoms with Gasteiger partial charge in [-0.3, -0.25) is 14.4 Å². The summed E-state index contributed by atoms with van der Waals surface area (Å²) < 4.78 is 5.59. The average molecular weight is 382 g/mol. The standard InChI is InChI=1S/C21H22N2O5/c1-13(21(26)27)15-7-9-16(10-8-15)22-19(24)11-12-23-17-5-3-4-6-18(17)28-14(2)20(23)25/h3-10,13-14H,11-12H2,1-2H3,(H,22,24)(H,26,27). The maximum atomic E-state index is 12.4. The molecule has 2 N–H and O–H groups in total.